The molecule has 0 bridgehead atoms. The zero-order chi connectivity index (χ0) is 26.8. The van der Waals surface area contributed by atoms with Gasteiger partial charge in [-0.3, -0.25) is 14.4 Å². The second-order valence-corrected chi connectivity index (χ2v) is 10.1. The number of fused-ring (bicyclic) bond motifs is 5. The topological polar surface area (TPSA) is 74.7 Å². The van der Waals surface area contributed by atoms with E-state index in [4.69, 9.17) is 0 Å². The number of aliphatic hydroxyl groups is 1. The molecule has 2 aliphatic heterocycles. The van der Waals surface area contributed by atoms with E-state index in [9.17, 15) is 19.5 Å². The van der Waals surface area contributed by atoms with E-state index in [2.05, 4.69) is 0 Å². The Kier molecular flexibility index (Phi) is 4.96. The molecule has 7 rings (SSSR count). The average molecular weight is 510 g/mol. The molecule has 2 heterocycles. The van der Waals surface area contributed by atoms with Gasteiger partial charge in [-0.05, 0) is 22.8 Å². The van der Waals surface area contributed by atoms with E-state index in [1.54, 1.807) is 83.9 Å². The Hall–Kier alpha value is -4.87. The molecule has 1 fully saturated rings. The van der Waals surface area contributed by atoms with Gasteiger partial charge in [-0.25, -0.2) is 0 Å². The number of allylic oxidation sites excluding steroid dienone is 1. The van der Waals surface area contributed by atoms with E-state index in [0.717, 1.165) is 11.1 Å². The fourth-order valence-corrected chi connectivity index (χ4v) is 6.58. The molecule has 3 aliphatic rings. The molecule has 0 saturated carbocycles. The smallest absolute Gasteiger partial charge is 0.187 e. The van der Waals surface area contributed by atoms with Crippen LogP contribution < -0.4 is 0 Å². The number of rotatable bonds is 3. The summed E-state index contributed by atoms with van der Waals surface area (Å²) >= 11 is 0. The summed E-state index contributed by atoms with van der Waals surface area (Å²) in [5.74, 6) is -1.24. The molecule has 188 valence electrons. The van der Waals surface area contributed by atoms with Crippen molar-refractivity contribution in [3.8, 4) is 0 Å². The maximum atomic E-state index is 14.6. The third-order valence-corrected chi connectivity index (χ3v) is 8.26. The van der Waals surface area contributed by atoms with E-state index >= 15 is 0 Å². The van der Waals surface area contributed by atoms with Gasteiger partial charge in [0.25, 0.3) is 0 Å². The lowest BCUT2D eigenvalue weighted by molar-refractivity contribution is -0.0171. The van der Waals surface area contributed by atoms with Gasteiger partial charge in [0.15, 0.2) is 28.4 Å². The number of hydrogen-bond acceptors (Lipinski definition) is 5. The van der Waals surface area contributed by atoms with Crippen LogP contribution in [0.25, 0.3) is 6.08 Å². The predicted octanol–water partition coefficient (Wildman–Crippen LogP) is 5.75. The van der Waals surface area contributed by atoms with Gasteiger partial charge in [-0.1, -0.05) is 109 Å². The van der Waals surface area contributed by atoms with Gasteiger partial charge in [-0.15, -0.1) is 0 Å². The largest absolute Gasteiger partial charge is 0.377 e. The Bertz CT molecular complexity index is 1700. The molecular weight excluding hydrogens is 486 g/mol. The number of nitrogens with zero attached hydrogens (tertiary/aromatic N) is 1. The minimum Gasteiger partial charge on any atom is -0.377 e. The zero-order valence-corrected chi connectivity index (χ0v) is 20.8. The lowest BCUT2D eigenvalue weighted by Crippen LogP contribution is -2.53. The fourth-order valence-electron chi connectivity index (χ4n) is 6.58. The first-order valence-electron chi connectivity index (χ1n) is 12.8. The van der Waals surface area contributed by atoms with Crippen LogP contribution in [-0.4, -0.2) is 27.4 Å². The molecule has 0 unspecified atom stereocenters. The van der Waals surface area contributed by atoms with Crippen LogP contribution in [0.4, 0.5) is 0 Å². The number of carbonyl (C=O) groups is 3. The minimum atomic E-state index is -2.14. The highest BCUT2D eigenvalue weighted by Gasteiger charge is 2.77. The lowest BCUT2D eigenvalue weighted by Gasteiger charge is -2.40. The summed E-state index contributed by atoms with van der Waals surface area (Å²) in [5.41, 5.74) is -0.967. The number of hydrogen-bond donors (Lipinski definition) is 1. The van der Waals surface area contributed by atoms with Crippen molar-refractivity contribution < 1.29 is 19.5 Å². The molecule has 1 spiro atoms. The van der Waals surface area contributed by atoms with Crippen LogP contribution in [0.15, 0.2) is 127 Å². The van der Waals surface area contributed by atoms with Crippen molar-refractivity contribution in [3.63, 3.8) is 0 Å². The Balaban J connectivity index is 1.59. The maximum Gasteiger partial charge on any atom is 0.187 e. The predicted molar refractivity (Wildman–Crippen MR) is 147 cm³/mol. The van der Waals surface area contributed by atoms with Crippen molar-refractivity contribution in [1.29, 1.82) is 0 Å². The van der Waals surface area contributed by atoms with Gasteiger partial charge in [0.05, 0.1) is 11.7 Å². The van der Waals surface area contributed by atoms with Crippen molar-refractivity contribution >= 4 is 23.4 Å². The molecule has 4 aromatic carbocycles. The van der Waals surface area contributed by atoms with Gasteiger partial charge in [-0.2, -0.15) is 0 Å². The number of benzene rings is 4. The average Bonchev–Trinajstić information content (AvgIpc) is 3.36. The number of carbonyl (C=O) groups excluding carboxylic acids is 3. The molecule has 1 N–H and O–H groups in total. The van der Waals surface area contributed by atoms with Gasteiger partial charge < -0.3 is 10.0 Å². The lowest BCUT2D eigenvalue weighted by atomic mass is 9.61. The fraction of sp³-hybridized carbons (Fsp3) is 0.0882. The second kappa shape index (κ2) is 8.32. The third-order valence-electron chi connectivity index (χ3n) is 8.26. The summed E-state index contributed by atoms with van der Waals surface area (Å²) in [6.07, 6.45) is 5.03. The highest BCUT2D eigenvalue weighted by atomic mass is 16.3. The maximum absolute atomic E-state index is 14.6. The monoisotopic (exact) mass is 509 g/mol. The van der Waals surface area contributed by atoms with Crippen LogP contribution in [0.1, 0.15) is 53.8 Å². The summed E-state index contributed by atoms with van der Waals surface area (Å²) in [5, 5.41) is 13.1. The molecule has 5 heteroatoms. The van der Waals surface area contributed by atoms with Crippen LogP contribution in [0, 0.1) is 5.41 Å². The third kappa shape index (κ3) is 2.90. The van der Waals surface area contributed by atoms with Crippen LogP contribution in [-0.2, 0) is 5.60 Å². The van der Waals surface area contributed by atoms with E-state index in [1.165, 1.54) is 6.08 Å². The number of ketones is 3. The second-order valence-electron chi connectivity index (χ2n) is 10.1. The van der Waals surface area contributed by atoms with Crippen molar-refractivity contribution in [3.05, 3.63) is 161 Å². The normalized spacial score (nSPS) is 23.2. The molecule has 5 nitrogen and oxygen atoms in total. The van der Waals surface area contributed by atoms with Gasteiger partial charge in [0.2, 0.25) is 0 Å². The Morgan fingerprint density at radius 3 is 1.97 bits per heavy atom. The van der Waals surface area contributed by atoms with Crippen molar-refractivity contribution in [1.82, 2.24) is 4.90 Å². The molecule has 2 atom stereocenters. The van der Waals surface area contributed by atoms with Crippen LogP contribution in [0.2, 0.25) is 0 Å². The molecular formula is C34H23NO4. The van der Waals surface area contributed by atoms with Crippen molar-refractivity contribution in [2.45, 2.75) is 11.6 Å². The summed E-state index contributed by atoms with van der Waals surface area (Å²) in [6, 6.07) is 30.9. The Morgan fingerprint density at radius 1 is 0.744 bits per heavy atom. The SMILES string of the molecule is O=C(/C=C1/N2C=Cc3ccccc3[C@H]2C2(C(=O)c3ccccc3C2=O)[C@]1(O)c1ccccc1)c1ccccc1. The number of Topliss-reactive ketones (excluding diaryl/α,β-unsaturated/α-hetero) is 2. The molecule has 0 aromatic heterocycles. The molecule has 0 amide bonds. The summed E-state index contributed by atoms with van der Waals surface area (Å²) in [6.45, 7) is 0. The first kappa shape index (κ1) is 23.3. The van der Waals surface area contributed by atoms with Gasteiger partial charge >= 0.3 is 0 Å². The van der Waals surface area contributed by atoms with Crippen molar-refractivity contribution in [2.75, 3.05) is 0 Å². The molecule has 39 heavy (non-hydrogen) atoms. The van der Waals surface area contributed by atoms with E-state index in [1.807, 2.05) is 42.5 Å². The molecule has 1 aliphatic carbocycles. The quantitative estimate of drug-likeness (QED) is 0.216. The molecule has 4 aromatic rings. The molecule has 1 saturated heterocycles. The van der Waals surface area contributed by atoms with Crippen LogP contribution >= 0.6 is 0 Å². The highest BCUT2D eigenvalue weighted by Crippen LogP contribution is 2.67. The standard InChI is InChI=1S/C34H23NO4/c36-28(23-12-3-1-4-13-23)21-29-34(39,24-14-5-2-6-15-24)33(31(37)26-17-9-10-18-27(26)32(33)38)30-25-16-8-7-11-22(25)19-20-35(29)30/h1-21,30,39H/b29-21+/t30-,34-/m0/s1. The van der Waals surface area contributed by atoms with Crippen LogP contribution in [0.5, 0.6) is 0 Å². The first-order valence-corrected chi connectivity index (χ1v) is 12.8. The first-order chi connectivity index (χ1) is 19.0. The minimum absolute atomic E-state index is 0.188. The Morgan fingerprint density at radius 2 is 1.31 bits per heavy atom. The van der Waals surface area contributed by atoms with E-state index in [-0.39, 0.29) is 22.6 Å². The van der Waals surface area contributed by atoms with Crippen molar-refractivity contribution in [2.24, 2.45) is 5.41 Å². The summed E-state index contributed by atoms with van der Waals surface area (Å²) in [7, 11) is 0. The summed E-state index contributed by atoms with van der Waals surface area (Å²) < 4.78 is 0. The van der Waals surface area contributed by atoms with E-state index in [0.29, 0.717) is 11.1 Å². The summed E-state index contributed by atoms with van der Waals surface area (Å²) in [4.78, 5) is 44.6. The van der Waals surface area contributed by atoms with E-state index < -0.39 is 28.6 Å². The molecule has 0 radical (unpaired) electrons. The zero-order valence-electron chi connectivity index (χ0n) is 20.8. The van der Waals surface area contributed by atoms with Gasteiger partial charge in [0.1, 0.15) is 0 Å². The highest BCUT2D eigenvalue weighted by molar-refractivity contribution is 6.31. The van der Waals surface area contributed by atoms with Gasteiger partial charge in [0, 0.05) is 29.0 Å². The Labute approximate surface area is 225 Å². The van der Waals surface area contributed by atoms with Crippen LogP contribution in [0.3, 0.4) is 0 Å².